The summed E-state index contributed by atoms with van der Waals surface area (Å²) in [5.41, 5.74) is 8.28. The maximum Gasteiger partial charge on any atom is 0.335 e. The molecule has 0 amide bonds. The average molecular weight is 837 g/mol. The Labute approximate surface area is 369 Å². The number of hydrogen-bond donors (Lipinski definition) is 3. The molecule has 0 unspecified atom stereocenters. The molecule has 0 aliphatic carbocycles. The highest BCUT2D eigenvalue weighted by Crippen LogP contribution is 2.25. The van der Waals surface area contributed by atoms with Crippen LogP contribution in [0.1, 0.15) is 117 Å². The maximum atomic E-state index is 10.9. The normalized spacial score (nSPS) is 10.4. The van der Waals surface area contributed by atoms with Gasteiger partial charge in [-0.1, -0.05) is 169 Å². The summed E-state index contributed by atoms with van der Waals surface area (Å²) in [6.45, 7) is 8.19. The first kappa shape index (κ1) is 48.3. The van der Waals surface area contributed by atoms with Crippen LogP contribution in [0.5, 0.6) is 17.2 Å². The summed E-state index contributed by atoms with van der Waals surface area (Å²) in [6, 6.07) is 45.3. The summed E-state index contributed by atoms with van der Waals surface area (Å²) < 4.78 is 11.6. The third-order valence-electron chi connectivity index (χ3n) is 10.4. The molecule has 0 aliphatic rings. The van der Waals surface area contributed by atoms with E-state index >= 15 is 0 Å². The lowest BCUT2D eigenvalue weighted by atomic mass is 10.0. The second kappa shape index (κ2) is 27.5. The van der Waals surface area contributed by atoms with Gasteiger partial charge in [0, 0.05) is 0 Å². The van der Waals surface area contributed by atoms with Crippen molar-refractivity contribution >= 4 is 11.9 Å². The zero-order valence-electron chi connectivity index (χ0n) is 36.7. The van der Waals surface area contributed by atoms with Crippen molar-refractivity contribution in [1.82, 2.24) is 0 Å². The van der Waals surface area contributed by atoms with Crippen LogP contribution >= 0.6 is 0 Å². The lowest BCUT2D eigenvalue weighted by Crippen LogP contribution is -1.97. The van der Waals surface area contributed by atoms with Crippen LogP contribution in [0.2, 0.25) is 0 Å². The monoisotopic (exact) mass is 836 g/mol. The Morgan fingerprint density at radius 2 is 0.661 bits per heavy atom. The lowest BCUT2D eigenvalue weighted by Gasteiger charge is -2.08. The van der Waals surface area contributed by atoms with Gasteiger partial charge in [-0.15, -0.1) is 0 Å². The van der Waals surface area contributed by atoms with E-state index in [-0.39, 0.29) is 11.3 Å². The predicted molar refractivity (Wildman–Crippen MR) is 254 cm³/mol. The van der Waals surface area contributed by atoms with Crippen LogP contribution in [0.25, 0.3) is 33.4 Å². The van der Waals surface area contributed by atoms with Gasteiger partial charge in [-0.05, 0) is 114 Å². The minimum absolute atomic E-state index is 0.214. The van der Waals surface area contributed by atoms with Gasteiger partial charge >= 0.3 is 11.9 Å². The quantitative estimate of drug-likeness (QED) is 0.0619. The van der Waals surface area contributed by atoms with Gasteiger partial charge in [0.1, 0.15) is 17.2 Å². The van der Waals surface area contributed by atoms with Gasteiger partial charge in [0.05, 0.1) is 24.3 Å². The molecular formula is C55H64O7. The summed E-state index contributed by atoms with van der Waals surface area (Å²) in [5.74, 6) is 0.238. The number of ether oxygens (including phenoxy) is 2. The van der Waals surface area contributed by atoms with Crippen molar-refractivity contribution in [3.63, 3.8) is 0 Å². The van der Waals surface area contributed by atoms with Crippen LogP contribution in [-0.4, -0.2) is 40.5 Å². The van der Waals surface area contributed by atoms with E-state index < -0.39 is 11.9 Å². The lowest BCUT2D eigenvalue weighted by molar-refractivity contribution is 0.0686. The summed E-state index contributed by atoms with van der Waals surface area (Å²) in [7, 11) is 0. The molecule has 7 nitrogen and oxygen atoms in total. The molecule has 0 heterocycles. The molecule has 0 aliphatic heterocycles. The molecule has 0 fully saturated rings. The van der Waals surface area contributed by atoms with Crippen molar-refractivity contribution in [1.29, 1.82) is 0 Å². The molecular weight excluding hydrogens is 773 g/mol. The fourth-order valence-corrected chi connectivity index (χ4v) is 6.64. The van der Waals surface area contributed by atoms with E-state index in [9.17, 15) is 9.59 Å². The van der Waals surface area contributed by atoms with Gasteiger partial charge in [-0.3, -0.25) is 0 Å². The molecule has 6 rings (SSSR count). The van der Waals surface area contributed by atoms with E-state index in [1.807, 2.05) is 36.4 Å². The van der Waals surface area contributed by atoms with Gasteiger partial charge in [0.15, 0.2) is 0 Å². The fourth-order valence-electron chi connectivity index (χ4n) is 6.64. The third-order valence-corrected chi connectivity index (χ3v) is 10.4. The number of unbranched alkanes of at least 4 members (excludes halogenated alkanes) is 10. The molecule has 6 aromatic carbocycles. The number of carbonyl (C=O) groups is 2. The SMILES string of the molecule is CCCCCCCCOc1ccc(-c2ccc(C(=O)O)cc2)cc1.CCCCCCCCOc1ccc(-c2ccc(C)cc2)cc1.O=C(O)c1ccc(-c2ccc(O)cc2)cc1. The molecule has 0 radical (unpaired) electrons. The highest BCUT2D eigenvalue weighted by Gasteiger charge is 2.05. The number of aromatic hydroxyl groups is 1. The Kier molecular flexibility index (Phi) is 21.4. The minimum Gasteiger partial charge on any atom is -0.508 e. The Bertz CT molecular complexity index is 2140. The summed E-state index contributed by atoms with van der Waals surface area (Å²) in [6.07, 6.45) is 15.4. The molecule has 0 spiro atoms. The van der Waals surface area contributed by atoms with Crippen LogP contribution in [0, 0.1) is 6.92 Å². The number of rotatable bonds is 21. The number of hydrogen-bond acceptors (Lipinski definition) is 5. The maximum absolute atomic E-state index is 10.9. The fraction of sp³-hybridized carbons (Fsp3) is 0.309. The van der Waals surface area contributed by atoms with Crippen molar-refractivity contribution in [3.05, 3.63) is 162 Å². The highest BCUT2D eigenvalue weighted by molar-refractivity contribution is 5.89. The predicted octanol–water partition coefficient (Wildman–Crippen LogP) is 14.9. The summed E-state index contributed by atoms with van der Waals surface area (Å²) >= 11 is 0. The average Bonchev–Trinajstić information content (AvgIpc) is 3.30. The Hall–Kier alpha value is -6.34. The van der Waals surface area contributed by atoms with E-state index in [0.717, 1.165) is 59.8 Å². The Morgan fingerprint density at radius 3 is 0.984 bits per heavy atom. The molecule has 0 atom stereocenters. The first-order valence-corrected chi connectivity index (χ1v) is 22.2. The van der Waals surface area contributed by atoms with Crippen LogP contribution in [0.15, 0.2) is 146 Å². The van der Waals surface area contributed by atoms with Crippen molar-refractivity contribution in [3.8, 4) is 50.6 Å². The van der Waals surface area contributed by atoms with Crippen LogP contribution in [0.3, 0.4) is 0 Å². The van der Waals surface area contributed by atoms with Crippen molar-refractivity contribution in [2.24, 2.45) is 0 Å². The van der Waals surface area contributed by atoms with Gasteiger partial charge < -0.3 is 24.8 Å². The first-order chi connectivity index (χ1) is 30.2. The number of phenolic OH excluding ortho intramolecular Hbond substituents is 1. The summed E-state index contributed by atoms with van der Waals surface area (Å²) in [5, 5.41) is 26.8. The number of carboxylic acids is 2. The number of aryl methyl sites for hydroxylation is 1. The van der Waals surface area contributed by atoms with E-state index in [2.05, 4.69) is 69.3 Å². The standard InChI is InChI=1S/C21H26O3.C21H28O.C13H10O3/c1-2-3-4-5-6-7-16-24-20-14-12-18(13-15-20)17-8-10-19(11-9-17)21(22)23;1-3-4-5-6-7-8-17-22-21-15-13-20(14-16-21)19-11-9-18(2)10-12-19;14-12-7-5-10(6-8-12)9-1-3-11(4-2-9)13(15)16/h8-15H,2-7,16H2,1H3,(H,22,23);9-16H,3-8,17H2,1-2H3;1-8,14H,(H,15,16). The van der Waals surface area contributed by atoms with Gasteiger partial charge in [-0.25, -0.2) is 9.59 Å². The molecule has 0 aromatic heterocycles. The molecule has 326 valence electrons. The molecule has 0 saturated heterocycles. The zero-order valence-corrected chi connectivity index (χ0v) is 36.7. The van der Waals surface area contributed by atoms with Crippen LogP contribution in [0.4, 0.5) is 0 Å². The van der Waals surface area contributed by atoms with Gasteiger partial charge in [0.25, 0.3) is 0 Å². The van der Waals surface area contributed by atoms with Crippen molar-refractivity contribution < 1.29 is 34.4 Å². The van der Waals surface area contributed by atoms with E-state index in [1.165, 1.54) is 80.9 Å². The molecule has 6 aromatic rings. The molecule has 62 heavy (non-hydrogen) atoms. The number of carboxylic acid groups (broad SMARTS) is 2. The highest BCUT2D eigenvalue weighted by atomic mass is 16.5. The largest absolute Gasteiger partial charge is 0.508 e. The topological polar surface area (TPSA) is 113 Å². The first-order valence-electron chi connectivity index (χ1n) is 22.2. The van der Waals surface area contributed by atoms with E-state index in [4.69, 9.17) is 24.8 Å². The van der Waals surface area contributed by atoms with E-state index in [0.29, 0.717) is 5.56 Å². The van der Waals surface area contributed by atoms with Crippen LogP contribution < -0.4 is 9.47 Å². The molecule has 0 bridgehead atoms. The minimum atomic E-state index is -0.933. The second-order valence-electron chi connectivity index (χ2n) is 15.5. The van der Waals surface area contributed by atoms with Gasteiger partial charge in [-0.2, -0.15) is 0 Å². The smallest absolute Gasteiger partial charge is 0.335 e. The van der Waals surface area contributed by atoms with E-state index in [1.54, 1.807) is 60.7 Å². The Morgan fingerprint density at radius 1 is 0.387 bits per heavy atom. The summed E-state index contributed by atoms with van der Waals surface area (Å²) in [4.78, 5) is 21.5. The number of aromatic carboxylic acids is 2. The zero-order chi connectivity index (χ0) is 44.4. The van der Waals surface area contributed by atoms with Crippen LogP contribution in [-0.2, 0) is 0 Å². The Balaban J connectivity index is 0.000000208. The van der Waals surface area contributed by atoms with Crippen molar-refractivity contribution in [2.75, 3.05) is 13.2 Å². The van der Waals surface area contributed by atoms with Crippen molar-refractivity contribution in [2.45, 2.75) is 97.8 Å². The molecule has 3 N–H and O–H groups in total. The second-order valence-corrected chi connectivity index (χ2v) is 15.5. The molecule has 0 saturated carbocycles. The third kappa shape index (κ3) is 17.7. The van der Waals surface area contributed by atoms with Gasteiger partial charge in [0.2, 0.25) is 0 Å². The number of phenols is 1. The number of benzene rings is 6. The molecule has 7 heteroatoms.